The fourth-order valence-corrected chi connectivity index (χ4v) is 5.66. The van der Waals surface area contributed by atoms with Gasteiger partial charge in [0.1, 0.15) is 5.82 Å². The average molecular weight is 986 g/mol. The van der Waals surface area contributed by atoms with Gasteiger partial charge in [0, 0.05) is 82.1 Å². The van der Waals surface area contributed by atoms with Crippen molar-refractivity contribution in [2.45, 2.75) is 70.3 Å². The first kappa shape index (κ1) is 59.0. The molecule has 2 aliphatic rings. The van der Waals surface area contributed by atoms with Crippen molar-refractivity contribution in [2.24, 2.45) is 0 Å². The van der Waals surface area contributed by atoms with E-state index in [1.54, 1.807) is 6.07 Å². The number of alkyl halides is 12. The van der Waals surface area contributed by atoms with Crippen LogP contribution in [0.5, 0.6) is 0 Å². The summed E-state index contributed by atoms with van der Waals surface area (Å²) in [5.41, 5.74) is 5.24. The van der Waals surface area contributed by atoms with E-state index in [-0.39, 0.29) is 11.7 Å². The molecule has 0 saturated carbocycles. The number of carbonyl (C=O) groups is 5. The van der Waals surface area contributed by atoms with Crippen LogP contribution in [0.4, 0.5) is 57.1 Å². The SMILES string of the molecule is CC1CN(Cc2cccc(C(=O)NCc3ccc(F)c(-c4cccc(CN5CCN[C@@H](C)C5)c4)c3)c2)CCN1.O=C(O)C(F)(F)F.O=C(O)C(F)(F)F.O=C(O)C(F)(F)F.O=C(O)C(F)(F)F. The minimum atomic E-state index is -5.08. The lowest BCUT2D eigenvalue weighted by molar-refractivity contribution is -0.193. The molecule has 2 aliphatic heterocycles. The van der Waals surface area contributed by atoms with Crippen LogP contribution in [0.25, 0.3) is 11.1 Å². The Labute approximate surface area is 372 Å². The number of amides is 1. The number of piperazine rings is 2. The van der Waals surface area contributed by atoms with Gasteiger partial charge < -0.3 is 36.4 Å². The van der Waals surface area contributed by atoms with Gasteiger partial charge in [-0.15, -0.1) is 0 Å². The molecule has 5 rings (SSSR count). The molecule has 0 spiro atoms. The maximum atomic E-state index is 14.9. The number of aliphatic carboxylic acids is 4. The molecular formula is C40H44F13N5O9. The molecule has 67 heavy (non-hydrogen) atoms. The minimum Gasteiger partial charge on any atom is -0.475 e. The molecule has 1 unspecified atom stereocenters. The Morgan fingerprint density at radius 3 is 1.36 bits per heavy atom. The highest BCUT2D eigenvalue weighted by molar-refractivity contribution is 5.94. The lowest BCUT2D eigenvalue weighted by atomic mass is 10.00. The molecule has 0 aromatic heterocycles. The molecule has 3 aromatic carbocycles. The number of nitrogens with zero attached hydrogens (tertiary/aromatic N) is 2. The Hall–Kier alpha value is -6.06. The predicted molar refractivity (Wildman–Crippen MR) is 210 cm³/mol. The Balaban J connectivity index is 0.000000648. The Morgan fingerprint density at radius 1 is 0.582 bits per heavy atom. The molecule has 0 bridgehead atoms. The molecule has 7 N–H and O–H groups in total. The normalized spacial score (nSPS) is 16.7. The first-order chi connectivity index (χ1) is 30.7. The topological polar surface area (TPSA) is 209 Å². The molecule has 374 valence electrons. The van der Waals surface area contributed by atoms with Crippen LogP contribution in [0.1, 0.15) is 40.9 Å². The molecular weight excluding hydrogens is 941 g/mol. The molecule has 2 fully saturated rings. The Morgan fingerprint density at radius 2 is 0.970 bits per heavy atom. The van der Waals surface area contributed by atoms with Crippen LogP contribution < -0.4 is 16.0 Å². The van der Waals surface area contributed by atoms with E-state index in [9.17, 15) is 61.9 Å². The first-order valence-corrected chi connectivity index (χ1v) is 19.1. The summed E-state index contributed by atoms with van der Waals surface area (Å²) in [6, 6.07) is 22.0. The summed E-state index contributed by atoms with van der Waals surface area (Å²) in [7, 11) is 0. The van der Waals surface area contributed by atoms with Crippen molar-refractivity contribution >= 4 is 29.8 Å². The fraction of sp³-hybridized carbons (Fsp3) is 0.425. The van der Waals surface area contributed by atoms with Gasteiger partial charge in [-0.25, -0.2) is 23.6 Å². The second kappa shape index (κ2) is 26.3. The molecule has 2 heterocycles. The predicted octanol–water partition coefficient (Wildman–Crippen LogP) is 6.54. The summed E-state index contributed by atoms with van der Waals surface area (Å²) < 4.78 is 142. The molecule has 0 radical (unpaired) electrons. The van der Waals surface area contributed by atoms with Crippen molar-refractivity contribution in [2.75, 3.05) is 39.3 Å². The number of nitrogens with one attached hydrogen (secondary N) is 3. The van der Waals surface area contributed by atoms with Gasteiger partial charge in [-0.3, -0.25) is 14.6 Å². The number of rotatable bonds is 8. The molecule has 2 saturated heterocycles. The second-order valence-electron chi connectivity index (χ2n) is 14.3. The molecule has 27 heteroatoms. The summed E-state index contributed by atoms with van der Waals surface area (Å²) in [5.74, 6) is -11.4. The van der Waals surface area contributed by atoms with E-state index >= 15 is 0 Å². The Bertz CT molecular complexity index is 2000. The van der Waals surface area contributed by atoms with E-state index in [1.165, 1.54) is 11.6 Å². The third-order valence-corrected chi connectivity index (χ3v) is 8.60. The molecule has 2 atom stereocenters. The van der Waals surface area contributed by atoms with Gasteiger partial charge in [0.05, 0.1) is 0 Å². The smallest absolute Gasteiger partial charge is 0.475 e. The highest BCUT2D eigenvalue weighted by Gasteiger charge is 2.40. The van der Waals surface area contributed by atoms with E-state index in [0.717, 1.165) is 69.0 Å². The quantitative estimate of drug-likeness (QED) is 0.120. The molecule has 3 aromatic rings. The van der Waals surface area contributed by atoms with E-state index in [4.69, 9.17) is 39.6 Å². The summed E-state index contributed by atoms with van der Waals surface area (Å²) in [4.78, 5) is 53.4. The van der Waals surface area contributed by atoms with Crippen molar-refractivity contribution in [3.8, 4) is 11.1 Å². The second-order valence-corrected chi connectivity index (χ2v) is 14.3. The van der Waals surface area contributed by atoms with Crippen molar-refractivity contribution in [3.05, 3.63) is 94.8 Å². The van der Waals surface area contributed by atoms with Gasteiger partial charge in [-0.2, -0.15) is 52.7 Å². The van der Waals surface area contributed by atoms with Crippen molar-refractivity contribution < 1.29 is 101 Å². The lowest BCUT2D eigenvalue weighted by Gasteiger charge is -2.31. The van der Waals surface area contributed by atoms with E-state index < -0.39 is 48.6 Å². The van der Waals surface area contributed by atoms with Crippen LogP contribution in [0.15, 0.2) is 66.7 Å². The number of carbonyl (C=O) groups excluding carboxylic acids is 1. The van der Waals surface area contributed by atoms with Crippen LogP contribution in [0.2, 0.25) is 0 Å². The highest BCUT2D eigenvalue weighted by Crippen LogP contribution is 2.26. The first-order valence-electron chi connectivity index (χ1n) is 19.1. The standard InChI is InChI=1S/C32H40FN5O.4C2HF3O2/c1-23-19-37(13-11-34-23)21-26-5-3-7-28(15-26)30-17-25(9-10-31(30)33)18-36-32(39)29-8-4-6-27(16-29)22-38-14-12-35-24(2)20-38;4*3-2(4,5)1(6)7/h3-10,15-17,23-24,34-35H,11-14,18-22H2,1-2H3,(H,36,39);4*(H,6,7)/t23-,24?;;;;/m0..../s1. The van der Waals surface area contributed by atoms with Gasteiger partial charge in [0.15, 0.2) is 0 Å². The number of hydrogen-bond acceptors (Lipinski definition) is 9. The third kappa shape index (κ3) is 23.8. The van der Waals surface area contributed by atoms with Crippen LogP contribution in [0, 0.1) is 5.82 Å². The zero-order valence-corrected chi connectivity index (χ0v) is 35.0. The number of halogens is 13. The van der Waals surface area contributed by atoms with Crippen molar-refractivity contribution in [1.29, 1.82) is 0 Å². The van der Waals surface area contributed by atoms with Gasteiger partial charge in [0.25, 0.3) is 5.91 Å². The summed E-state index contributed by atoms with van der Waals surface area (Å²) in [6.07, 6.45) is -20.3. The van der Waals surface area contributed by atoms with Crippen molar-refractivity contribution in [1.82, 2.24) is 25.8 Å². The van der Waals surface area contributed by atoms with Crippen LogP contribution >= 0.6 is 0 Å². The van der Waals surface area contributed by atoms with Gasteiger partial charge in [-0.1, -0.05) is 36.4 Å². The van der Waals surface area contributed by atoms with Gasteiger partial charge in [-0.05, 0) is 66.4 Å². The van der Waals surface area contributed by atoms with E-state index in [1.807, 2.05) is 36.4 Å². The number of carboxylic acids is 4. The highest BCUT2D eigenvalue weighted by atomic mass is 19.4. The monoisotopic (exact) mass is 985 g/mol. The van der Waals surface area contributed by atoms with Crippen molar-refractivity contribution in [3.63, 3.8) is 0 Å². The zero-order valence-electron chi connectivity index (χ0n) is 35.0. The van der Waals surface area contributed by atoms with Gasteiger partial charge in [0.2, 0.25) is 0 Å². The number of benzene rings is 3. The summed E-state index contributed by atoms with van der Waals surface area (Å²) in [5, 5.41) is 38.5. The Kier molecular flexibility index (Phi) is 23.2. The van der Waals surface area contributed by atoms with Gasteiger partial charge >= 0.3 is 48.6 Å². The minimum absolute atomic E-state index is 0.122. The maximum absolute atomic E-state index is 14.9. The zero-order chi connectivity index (χ0) is 51.5. The fourth-order valence-electron chi connectivity index (χ4n) is 5.66. The maximum Gasteiger partial charge on any atom is 0.490 e. The summed E-state index contributed by atoms with van der Waals surface area (Å²) >= 11 is 0. The van der Waals surface area contributed by atoms with Crippen LogP contribution in [0.3, 0.4) is 0 Å². The summed E-state index contributed by atoms with van der Waals surface area (Å²) in [6.45, 7) is 12.4. The third-order valence-electron chi connectivity index (χ3n) is 8.60. The van der Waals surface area contributed by atoms with E-state index in [0.29, 0.717) is 29.8 Å². The largest absolute Gasteiger partial charge is 0.490 e. The van der Waals surface area contributed by atoms with Crippen LogP contribution in [-0.2, 0) is 38.8 Å². The molecule has 14 nitrogen and oxygen atoms in total. The number of carboxylic acid groups (broad SMARTS) is 4. The van der Waals surface area contributed by atoms with E-state index in [2.05, 4.69) is 57.8 Å². The lowest BCUT2D eigenvalue weighted by Crippen LogP contribution is -2.48. The average Bonchev–Trinajstić information content (AvgIpc) is 3.20. The van der Waals surface area contributed by atoms with Crippen LogP contribution in [-0.4, -0.2) is 136 Å². The molecule has 1 amide bonds. The molecule has 0 aliphatic carbocycles. The number of hydrogen-bond donors (Lipinski definition) is 7.